The van der Waals surface area contributed by atoms with Gasteiger partial charge in [0.15, 0.2) is 0 Å². The summed E-state index contributed by atoms with van der Waals surface area (Å²) in [5, 5.41) is 4.43. The molecular weight excluding hydrogens is 288 g/mol. The highest BCUT2D eigenvalue weighted by atomic mass is 16.3. The normalized spacial score (nSPS) is 18.6. The number of piperidine rings is 1. The average Bonchev–Trinajstić information content (AvgIpc) is 3.19. The van der Waals surface area contributed by atoms with Gasteiger partial charge in [-0.05, 0) is 62.4 Å². The van der Waals surface area contributed by atoms with Crippen LogP contribution in [-0.2, 0) is 24.1 Å². The van der Waals surface area contributed by atoms with Gasteiger partial charge < -0.3 is 14.6 Å². The third kappa shape index (κ3) is 2.76. The Balaban J connectivity index is 1.50. The first kappa shape index (κ1) is 14.8. The quantitative estimate of drug-likeness (QED) is 0.948. The van der Waals surface area contributed by atoms with Gasteiger partial charge in [-0.3, -0.25) is 4.79 Å². The number of carbonyl (C=O) groups is 1. The minimum absolute atomic E-state index is 0.225. The fourth-order valence-corrected chi connectivity index (χ4v) is 3.98. The number of benzene rings is 1. The molecule has 0 atom stereocenters. The zero-order valence-electron chi connectivity index (χ0n) is 13.7. The van der Waals surface area contributed by atoms with Crippen LogP contribution in [0.3, 0.4) is 0 Å². The molecule has 2 aliphatic rings. The Hall–Kier alpha value is -1.81. The molecule has 1 fully saturated rings. The van der Waals surface area contributed by atoms with Crippen molar-refractivity contribution in [2.75, 3.05) is 20.1 Å². The Bertz CT molecular complexity index is 726. The number of amides is 1. The molecule has 2 aromatic rings. The maximum absolute atomic E-state index is 12.6. The monoisotopic (exact) mass is 312 g/mol. The Morgan fingerprint density at radius 2 is 2.00 bits per heavy atom. The zero-order chi connectivity index (χ0) is 15.8. The molecule has 4 nitrogen and oxygen atoms in total. The summed E-state index contributed by atoms with van der Waals surface area (Å²) in [6, 6.07) is 4.97. The number of nitrogens with one attached hydrogen (secondary N) is 1. The topological polar surface area (TPSA) is 45.5 Å². The lowest BCUT2D eigenvalue weighted by atomic mass is 10.0. The maximum Gasteiger partial charge on any atom is 0.227 e. The smallest absolute Gasteiger partial charge is 0.227 e. The molecule has 4 rings (SSSR count). The molecule has 23 heavy (non-hydrogen) atoms. The second kappa shape index (κ2) is 6.00. The largest absolute Gasteiger partial charge is 0.464 e. The fraction of sp³-hybridized carbons (Fsp3) is 0.526. The lowest BCUT2D eigenvalue weighted by Crippen LogP contribution is -2.44. The third-order valence-electron chi connectivity index (χ3n) is 5.47. The van der Waals surface area contributed by atoms with Crippen molar-refractivity contribution in [3.63, 3.8) is 0 Å². The highest BCUT2D eigenvalue weighted by molar-refractivity contribution is 5.88. The number of hydrogen-bond donors (Lipinski definition) is 1. The summed E-state index contributed by atoms with van der Waals surface area (Å²) in [5.74, 6) is 0.225. The Kier molecular flexibility index (Phi) is 3.85. The number of likely N-dealkylation sites (tertiary alicyclic amines) is 1. The van der Waals surface area contributed by atoms with Crippen LogP contribution in [0.25, 0.3) is 11.0 Å². The van der Waals surface area contributed by atoms with E-state index < -0.39 is 0 Å². The van der Waals surface area contributed by atoms with E-state index in [1.807, 2.05) is 11.9 Å². The second-order valence-corrected chi connectivity index (χ2v) is 6.85. The molecule has 1 aromatic carbocycles. The van der Waals surface area contributed by atoms with Crippen LogP contribution in [0.2, 0.25) is 0 Å². The van der Waals surface area contributed by atoms with E-state index in [1.165, 1.54) is 17.5 Å². The SMILES string of the molecule is CNC1CCN(C(=O)Cc2coc3cc4c(cc23)CCC4)CC1. The van der Waals surface area contributed by atoms with Gasteiger partial charge in [0.2, 0.25) is 5.91 Å². The van der Waals surface area contributed by atoms with Crippen LogP contribution in [0.15, 0.2) is 22.8 Å². The molecule has 1 aliphatic carbocycles. The molecule has 1 aromatic heterocycles. The Morgan fingerprint density at radius 3 is 2.74 bits per heavy atom. The van der Waals surface area contributed by atoms with Crippen LogP contribution < -0.4 is 5.32 Å². The second-order valence-electron chi connectivity index (χ2n) is 6.85. The molecule has 0 radical (unpaired) electrons. The number of rotatable bonds is 3. The first-order valence-electron chi connectivity index (χ1n) is 8.71. The highest BCUT2D eigenvalue weighted by Crippen LogP contribution is 2.30. The average molecular weight is 312 g/mol. The summed E-state index contributed by atoms with van der Waals surface area (Å²) in [7, 11) is 2.00. The first-order chi connectivity index (χ1) is 11.2. The van der Waals surface area contributed by atoms with Crippen molar-refractivity contribution in [2.24, 2.45) is 0 Å². The number of nitrogens with zero attached hydrogens (tertiary/aromatic N) is 1. The number of hydrogen-bond acceptors (Lipinski definition) is 3. The van der Waals surface area contributed by atoms with Crippen molar-refractivity contribution < 1.29 is 9.21 Å². The standard InChI is InChI=1S/C19H24N2O2/c1-20-16-5-7-21(8-6-16)19(22)11-15-12-23-18-10-14-4-2-3-13(14)9-17(15)18/h9-10,12,16,20H,2-8,11H2,1H3. The molecule has 4 heteroatoms. The lowest BCUT2D eigenvalue weighted by molar-refractivity contribution is -0.131. The summed E-state index contributed by atoms with van der Waals surface area (Å²) in [6.07, 6.45) is 7.86. The van der Waals surface area contributed by atoms with Crippen molar-refractivity contribution >= 4 is 16.9 Å². The van der Waals surface area contributed by atoms with Crippen LogP contribution >= 0.6 is 0 Å². The van der Waals surface area contributed by atoms with Crippen LogP contribution in [0.5, 0.6) is 0 Å². The fourth-order valence-electron chi connectivity index (χ4n) is 3.98. The van der Waals surface area contributed by atoms with Gasteiger partial charge in [0, 0.05) is 30.1 Å². The summed E-state index contributed by atoms with van der Waals surface area (Å²) in [5.41, 5.74) is 4.82. The van der Waals surface area contributed by atoms with Crippen molar-refractivity contribution in [1.29, 1.82) is 0 Å². The summed E-state index contributed by atoms with van der Waals surface area (Å²) in [4.78, 5) is 14.6. The van der Waals surface area contributed by atoms with E-state index in [-0.39, 0.29) is 5.91 Å². The van der Waals surface area contributed by atoms with Gasteiger partial charge in [-0.25, -0.2) is 0 Å². The Labute approximate surface area is 136 Å². The highest BCUT2D eigenvalue weighted by Gasteiger charge is 2.23. The Morgan fingerprint density at radius 1 is 1.26 bits per heavy atom. The number of fused-ring (bicyclic) bond motifs is 2. The summed E-state index contributed by atoms with van der Waals surface area (Å²) < 4.78 is 5.72. The van der Waals surface area contributed by atoms with E-state index in [1.54, 1.807) is 6.26 Å². The molecule has 0 spiro atoms. The number of furan rings is 1. The van der Waals surface area contributed by atoms with E-state index in [0.717, 1.165) is 55.3 Å². The molecule has 0 unspecified atom stereocenters. The lowest BCUT2D eigenvalue weighted by Gasteiger charge is -2.31. The van der Waals surface area contributed by atoms with E-state index in [9.17, 15) is 4.79 Å². The van der Waals surface area contributed by atoms with Crippen LogP contribution in [-0.4, -0.2) is 37.0 Å². The minimum atomic E-state index is 0.225. The van der Waals surface area contributed by atoms with Gasteiger partial charge in [-0.15, -0.1) is 0 Å². The molecule has 1 N–H and O–H groups in total. The predicted octanol–water partition coefficient (Wildman–Crippen LogP) is 2.67. The van der Waals surface area contributed by atoms with Gasteiger partial charge in [-0.1, -0.05) is 0 Å². The van der Waals surface area contributed by atoms with Gasteiger partial charge in [-0.2, -0.15) is 0 Å². The van der Waals surface area contributed by atoms with Crippen molar-refractivity contribution in [3.8, 4) is 0 Å². The summed E-state index contributed by atoms with van der Waals surface area (Å²) in [6.45, 7) is 1.71. The van der Waals surface area contributed by atoms with Gasteiger partial charge in [0.05, 0.1) is 12.7 Å². The van der Waals surface area contributed by atoms with Crippen molar-refractivity contribution in [3.05, 3.63) is 35.1 Å². The van der Waals surface area contributed by atoms with Crippen molar-refractivity contribution in [2.45, 2.75) is 44.6 Å². The number of aryl methyl sites for hydroxylation is 2. The van der Waals surface area contributed by atoms with Crippen LogP contribution in [0, 0.1) is 0 Å². The molecule has 0 saturated carbocycles. The van der Waals surface area contributed by atoms with E-state index in [0.29, 0.717) is 12.5 Å². The molecule has 1 aliphatic heterocycles. The van der Waals surface area contributed by atoms with Crippen molar-refractivity contribution in [1.82, 2.24) is 10.2 Å². The van der Waals surface area contributed by atoms with Crippen LogP contribution in [0.1, 0.15) is 36.0 Å². The third-order valence-corrected chi connectivity index (χ3v) is 5.47. The molecule has 1 saturated heterocycles. The zero-order valence-corrected chi connectivity index (χ0v) is 13.7. The van der Waals surface area contributed by atoms with Gasteiger partial charge >= 0.3 is 0 Å². The maximum atomic E-state index is 12.6. The van der Waals surface area contributed by atoms with E-state index in [4.69, 9.17) is 4.42 Å². The van der Waals surface area contributed by atoms with Gasteiger partial charge in [0.25, 0.3) is 0 Å². The molecule has 2 heterocycles. The van der Waals surface area contributed by atoms with Gasteiger partial charge in [0.1, 0.15) is 5.58 Å². The molecule has 122 valence electrons. The van der Waals surface area contributed by atoms with E-state index >= 15 is 0 Å². The number of carbonyl (C=O) groups excluding carboxylic acids is 1. The molecule has 1 amide bonds. The summed E-state index contributed by atoms with van der Waals surface area (Å²) >= 11 is 0. The van der Waals surface area contributed by atoms with Crippen LogP contribution in [0.4, 0.5) is 0 Å². The molecule has 0 bridgehead atoms. The predicted molar refractivity (Wildman–Crippen MR) is 90.6 cm³/mol. The van der Waals surface area contributed by atoms with E-state index in [2.05, 4.69) is 17.4 Å². The first-order valence-corrected chi connectivity index (χ1v) is 8.71. The molecular formula is C19H24N2O2. The minimum Gasteiger partial charge on any atom is -0.464 e.